The van der Waals surface area contributed by atoms with E-state index in [1.165, 1.54) is 11.1 Å². The first-order chi connectivity index (χ1) is 11.6. The maximum Gasteiger partial charge on any atom is 0.328 e. The molecule has 1 fully saturated rings. The Labute approximate surface area is 137 Å². The van der Waals surface area contributed by atoms with Crippen LogP contribution in [0.15, 0.2) is 27.6 Å². The van der Waals surface area contributed by atoms with Crippen molar-refractivity contribution in [2.75, 3.05) is 0 Å². The number of nitrogens with zero attached hydrogens (tertiary/aromatic N) is 3. The van der Waals surface area contributed by atoms with Crippen LogP contribution in [-0.4, -0.2) is 26.3 Å². The summed E-state index contributed by atoms with van der Waals surface area (Å²) in [4.78, 5) is 24.8. The van der Waals surface area contributed by atoms with Crippen molar-refractivity contribution in [3.8, 4) is 0 Å². The highest BCUT2D eigenvalue weighted by atomic mass is 16.5. The fourth-order valence-electron chi connectivity index (χ4n) is 3.46. The number of hydrogen-bond donors (Lipinski definition) is 0. The van der Waals surface area contributed by atoms with E-state index in [-0.39, 0.29) is 18.2 Å². The van der Waals surface area contributed by atoms with Crippen LogP contribution in [-0.2, 0) is 16.1 Å². The summed E-state index contributed by atoms with van der Waals surface area (Å²) < 4.78 is 13.7. The van der Waals surface area contributed by atoms with E-state index in [0.29, 0.717) is 16.9 Å². The summed E-state index contributed by atoms with van der Waals surface area (Å²) in [6.45, 7) is 1.63. The summed E-state index contributed by atoms with van der Waals surface area (Å²) in [5, 5.41) is 4.26. The topological polar surface area (TPSA) is 78.7 Å². The lowest BCUT2D eigenvalue weighted by Crippen LogP contribution is -2.32. The first kappa shape index (κ1) is 15.0. The fraction of sp³-hybridized carbons (Fsp3) is 0.471. The van der Waals surface area contributed by atoms with Crippen molar-refractivity contribution >= 4 is 22.6 Å². The van der Waals surface area contributed by atoms with Gasteiger partial charge in [0.2, 0.25) is 0 Å². The van der Waals surface area contributed by atoms with Gasteiger partial charge in [-0.2, -0.15) is 5.10 Å². The van der Waals surface area contributed by atoms with Gasteiger partial charge < -0.3 is 9.15 Å². The summed E-state index contributed by atoms with van der Waals surface area (Å²) in [6, 6.07) is 3.47. The molecule has 0 amide bonds. The van der Waals surface area contributed by atoms with Gasteiger partial charge in [-0.25, -0.2) is 4.68 Å². The molecule has 0 atom stereocenters. The van der Waals surface area contributed by atoms with Crippen molar-refractivity contribution in [3.63, 3.8) is 0 Å². The summed E-state index contributed by atoms with van der Waals surface area (Å²) in [7, 11) is 0. The highest BCUT2D eigenvalue weighted by molar-refractivity contribution is 5.82. The molecule has 0 bridgehead atoms. The number of esters is 1. The number of aromatic nitrogens is 3. The van der Waals surface area contributed by atoms with E-state index < -0.39 is 5.97 Å². The third kappa shape index (κ3) is 2.50. The molecule has 1 saturated carbocycles. The van der Waals surface area contributed by atoms with Gasteiger partial charge in [-0.15, -0.1) is 0 Å². The van der Waals surface area contributed by atoms with E-state index in [2.05, 4.69) is 5.10 Å². The molecule has 0 aromatic carbocycles. The van der Waals surface area contributed by atoms with Gasteiger partial charge in [-0.1, -0.05) is 6.42 Å². The van der Waals surface area contributed by atoms with Crippen LogP contribution in [0.4, 0.5) is 0 Å². The van der Waals surface area contributed by atoms with Gasteiger partial charge in [0.1, 0.15) is 24.0 Å². The molecule has 0 spiro atoms. The molecule has 0 aliphatic heterocycles. The highest BCUT2D eigenvalue weighted by Gasteiger charge is 2.20. The van der Waals surface area contributed by atoms with Gasteiger partial charge in [0, 0.05) is 12.1 Å². The Balaban J connectivity index is 1.63. The molecule has 3 aromatic heterocycles. The molecule has 126 valence electrons. The van der Waals surface area contributed by atoms with Crippen molar-refractivity contribution in [1.82, 2.24) is 14.2 Å². The molecule has 0 unspecified atom stereocenters. The van der Waals surface area contributed by atoms with Crippen LogP contribution in [0.1, 0.15) is 37.9 Å². The van der Waals surface area contributed by atoms with E-state index in [1.54, 1.807) is 29.7 Å². The average Bonchev–Trinajstić information content (AvgIpc) is 3.14. The van der Waals surface area contributed by atoms with Gasteiger partial charge in [-0.05, 0) is 32.6 Å². The minimum atomic E-state index is -0.407. The molecule has 3 heterocycles. The molecule has 1 aliphatic rings. The number of aryl methyl sites for hydroxylation is 1. The summed E-state index contributed by atoms with van der Waals surface area (Å²) >= 11 is 0. The molecule has 7 nitrogen and oxygen atoms in total. The van der Waals surface area contributed by atoms with Crippen molar-refractivity contribution < 1.29 is 13.9 Å². The lowest BCUT2D eigenvalue weighted by molar-refractivity contribution is -0.151. The van der Waals surface area contributed by atoms with E-state index in [4.69, 9.17) is 9.15 Å². The van der Waals surface area contributed by atoms with Crippen molar-refractivity contribution in [1.29, 1.82) is 0 Å². The Morgan fingerprint density at radius 3 is 2.92 bits per heavy atom. The largest absolute Gasteiger partial charge is 0.463 e. The van der Waals surface area contributed by atoms with Gasteiger partial charge in [0.15, 0.2) is 5.58 Å². The minimum absolute atomic E-state index is 0.0255. The second kappa shape index (κ2) is 5.81. The van der Waals surface area contributed by atoms with E-state index >= 15 is 0 Å². The monoisotopic (exact) mass is 329 g/mol. The molecule has 0 saturated heterocycles. The molecule has 0 radical (unpaired) electrons. The number of carbonyl (C=O) groups excluding carboxylic acids is 1. The maximum absolute atomic E-state index is 12.6. The third-order valence-electron chi connectivity index (χ3n) is 4.59. The molecular formula is C17H19N3O4. The number of carbonyl (C=O) groups is 1. The molecule has 0 N–H and O–H groups in total. The summed E-state index contributed by atoms with van der Waals surface area (Å²) in [6.07, 6.45) is 6.73. The molecule has 4 rings (SSSR count). The Morgan fingerprint density at radius 1 is 1.33 bits per heavy atom. The van der Waals surface area contributed by atoms with Gasteiger partial charge >= 0.3 is 5.97 Å². The van der Waals surface area contributed by atoms with Gasteiger partial charge in [-0.3, -0.25) is 14.0 Å². The smallest absolute Gasteiger partial charge is 0.328 e. The lowest BCUT2D eigenvalue weighted by atomic mass is 9.98. The highest BCUT2D eigenvalue weighted by Crippen LogP contribution is 2.21. The van der Waals surface area contributed by atoms with Crippen LogP contribution in [0.3, 0.4) is 0 Å². The number of ether oxygens (including phenoxy) is 1. The quantitative estimate of drug-likeness (QED) is 0.690. The number of furan rings is 1. The Morgan fingerprint density at radius 2 is 2.12 bits per heavy atom. The predicted molar refractivity (Wildman–Crippen MR) is 86.9 cm³/mol. The van der Waals surface area contributed by atoms with Crippen molar-refractivity contribution in [2.45, 2.75) is 51.7 Å². The minimum Gasteiger partial charge on any atom is -0.463 e. The van der Waals surface area contributed by atoms with Crippen LogP contribution < -0.4 is 5.56 Å². The molecular weight excluding hydrogens is 310 g/mol. The average molecular weight is 329 g/mol. The molecule has 1 aliphatic carbocycles. The Kier molecular flexibility index (Phi) is 3.63. The zero-order valence-electron chi connectivity index (χ0n) is 13.5. The van der Waals surface area contributed by atoms with Gasteiger partial charge in [0.05, 0.1) is 11.8 Å². The van der Waals surface area contributed by atoms with Crippen molar-refractivity contribution in [3.05, 3.63) is 34.6 Å². The van der Waals surface area contributed by atoms with Crippen LogP contribution in [0.25, 0.3) is 16.6 Å². The van der Waals surface area contributed by atoms with E-state index in [1.807, 2.05) is 0 Å². The normalized spacial score (nSPS) is 16.0. The number of hydrogen-bond acceptors (Lipinski definition) is 5. The van der Waals surface area contributed by atoms with E-state index in [0.717, 1.165) is 31.2 Å². The zero-order chi connectivity index (χ0) is 16.7. The summed E-state index contributed by atoms with van der Waals surface area (Å²) in [5.41, 5.74) is 1.54. The summed E-state index contributed by atoms with van der Waals surface area (Å²) in [5.74, 6) is 0.210. The third-order valence-corrected chi connectivity index (χ3v) is 4.59. The van der Waals surface area contributed by atoms with Crippen molar-refractivity contribution in [2.24, 2.45) is 0 Å². The second-order valence-electron chi connectivity index (χ2n) is 6.29. The van der Waals surface area contributed by atoms with Crippen LogP contribution in [0.2, 0.25) is 0 Å². The van der Waals surface area contributed by atoms with Crippen LogP contribution in [0.5, 0.6) is 0 Å². The number of fused-ring (bicyclic) bond motifs is 3. The van der Waals surface area contributed by atoms with E-state index in [9.17, 15) is 9.59 Å². The first-order valence-corrected chi connectivity index (χ1v) is 8.29. The second-order valence-corrected chi connectivity index (χ2v) is 6.29. The standard InChI is InChI=1S/C17H19N3O4/c1-11-18-19(10-16(21)24-12-5-3-2-4-6-12)17(22)14-9-15-13(20(11)14)7-8-23-15/h7-9,12H,2-6,10H2,1H3. The first-order valence-electron chi connectivity index (χ1n) is 8.29. The lowest BCUT2D eigenvalue weighted by Gasteiger charge is -2.21. The predicted octanol–water partition coefficient (Wildman–Crippen LogP) is 2.43. The Hall–Kier alpha value is -2.57. The SMILES string of the molecule is Cc1nn(CC(=O)OC2CCCCC2)c(=O)c2cc3occc3n12. The van der Waals surface area contributed by atoms with Crippen LogP contribution >= 0.6 is 0 Å². The fourth-order valence-corrected chi connectivity index (χ4v) is 3.46. The Bertz CT molecular complexity index is 959. The van der Waals surface area contributed by atoms with Gasteiger partial charge in [0.25, 0.3) is 5.56 Å². The molecule has 3 aromatic rings. The maximum atomic E-state index is 12.6. The zero-order valence-corrected chi connectivity index (χ0v) is 13.5. The molecule has 7 heteroatoms. The number of rotatable bonds is 3. The molecule has 24 heavy (non-hydrogen) atoms. The van der Waals surface area contributed by atoms with Crippen LogP contribution in [0, 0.1) is 6.92 Å².